The van der Waals surface area contributed by atoms with Gasteiger partial charge < -0.3 is 14.6 Å². The van der Waals surface area contributed by atoms with Gasteiger partial charge in [0.1, 0.15) is 22.1 Å². The van der Waals surface area contributed by atoms with Gasteiger partial charge in [0.05, 0.1) is 17.1 Å². The van der Waals surface area contributed by atoms with Gasteiger partial charge >= 0.3 is 0 Å². The maximum absolute atomic E-state index is 13.0. The number of aromatic amines is 1. The predicted molar refractivity (Wildman–Crippen MR) is 93.6 cm³/mol. The highest BCUT2D eigenvalue weighted by Crippen LogP contribution is 2.24. The second kappa shape index (κ2) is 7.20. The maximum Gasteiger partial charge on any atom is 0.268 e. The van der Waals surface area contributed by atoms with Crippen molar-refractivity contribution in [3.8, 4) is 5.75 Å². The Morgan fingerprint density at radius 2 is 2.24 bits per heavy atom. The van der Waals surface area contributed by atoms with Gasteiger partial charge in [0.2, 0.25) is 0 Å². The number of thiophene rings is 1. The minimum Gasteiger partial charge on any atom is -0.482 e. The summed E-state index contributed by atoms with van der Waals surface area (Å²) >= 11 is 7.16. The molecule has 3 aromatic rings. The van der Waals surface area contributed by atoms with E-state index in [0.717, 1.165) is 6.07 Å². The topological polar surface area (TPSA) is 75.3 Å². The zero-order valence-electron chi connectivity index (χ0n) is 13.1. The Balaban J connectivity index is 1.64. The summed E-state index contributed by atoms with van der Waals surface area (Å²) in [4.78, 5) is 32.4. The fraction of sp³-hybridized carbons (Fsp3) is 0.188. The second-order valence-corrected chi connectivity index (χ2v) is 6.58. The van der Waals surface area contributed by atoms with Gasteiger partial charge in [0.25, 0.3) is 11.5 Å². The molecule has 0 unspecified atom stereocenters. The van der Waals surface area contributed by atoms with E-state index in [1.807, 2.05) is 0 Å². The Hall–Kier alpha value is -2.45. The molecule has 0 aliphatic rings. The minimum atomic E-state index is -0.486. The summed E-state index contributed by atoms with van der Waals surface area (Å²) in [5, 5.41) is 1.87. The van der Waals surface area contributed by atoms with Gasteiger partial charge in [-0.3, -0.25) is 9.59 Å². The molecular formula is C16H13ClFN3O3S. The zero-order chi connectivity index (χ0) is 18.0. The lowest BCUT2D eigenvalue weighted by Gasteiger charge is -2.17. The van der Waals surface area contributed by atoms with Crippen LogP contribution in [0, 0.1) is 5.82 Å². The number of rotatable bonds is 5. The number of hydrogen-bond donors (Lipinski definition) is 1. The van der Waals surface area contributed by atoms with Crippen LogP contribution >= 0.6 is 22.9 Å². The largest absolute Gasteiger partial charge is 0.482 e. The van der Waals surface area contributed by atoms with Gasteiger partial charge in [-0.05, 0) is 29.6 Å². The van der Waals surface area contributed by atoms with Crippen molar-refractivity contribution >= 4 is 39.1 Å². The van der Waals surface area contributed by atoms with Crippen LogP contribution in [-0.4, -0.2) is 34.4 Å². The molecule has 0 bridgehead atoms. The summed E-state index contributed by atoms with van der Waals surface area (Å²) in [6.45, 7) is -0.146. The van der Waals surface area contributed by atoms with Crippen LogP contribution in [0.2, 0.25) is 5.02 Å². The van der Waals surface area contributed by atoms with Crippen molar-refractivity contribution < 1.29 is 13.9 Å². The molecule has 1 N–H and O–H groups in total. The first-order valence-electron chi connectivity index (χ1n) is 7.22. The molecule has 1 aromatic carbocycles. The Kier molecular flexibility index (Phi) is 5.00. The SMILES string of the molecule is CN(Cc1nc2ccsc2c(=O)[nH]1)C(=O)COc1ccc(F)cc1Cl. The van der Waals surface area contributed by atoms with E-state index in [1.165, 1.54) is 28.4 Å². The lowest BCUT2D eigenvalue weighted by molar-refractivity contribution is -0.132. The lowest BCUT2D eigenvalue weighted by Crippen LogP contribution is -2.32. The van der Waals surface area contributed by atoms with Crippen LogP contribution in [-0.2, 0) is 11.3 Å². The van der Waals surface area contributed by atoms with Crippen molar-refractivity contribution in [1.82, 2.24) is 14.9 Å². The zero-order valence-corrected chi connectivity index (χ0v) is 14.7. The molecule has 0 radical (unpaired) electrons. The Morgan fingerprint density at radius 3 is 3.00 bits per heavy atom. The number of benzene rings is 1. The summed E-state index contributed by atoms with van der Waals surface area (Å²) < 4.78 is 18.8. The third-order valence-electron chi connectivity index (χ3n) is 3.42. The fourth-order valence-corrected chi connectivity index (χ4v) is 3.10. The van der Waals surface area contributed by atoms with Crippen LogP contribution in [0.5, 0.6) is 5.75 Å². The van der Waals surface area contributed by atoms with Gasteiger partial charge in [-0.2, -0.15) is 0 Å². The predicted octanol–water partition coefficient (Wildman–Crippen LogP) is 2.81. The first-order chi connectivity index (χ1) is 11.9. The van der Waals surface area contributed by atoms with E-state index in [4.69, 9.17) is 16.3 Å². The number of ether oxygens (including phenoxy) is 1. The quantitative estimate of drug-likeness (QED) is 0.737. The van der Waals surface area contributed by atoms with Crippen molar-refractivity contribution in [1.29, 1.82) is 0 Å². The standard InChI is InChI=1S/C16H13ClFN3O3S/c1-21(7-13-19-11-4-5-25-15(11)16(23)20-13)14(22)8-24-12-3-2-9(18)6-10(12)17/h2-6H,7-8H2,1H3,(H,19,20,23). The first kappa shape index (κ1) is 17.4. The number of aromatic nitrogens is 2. The number of fused-ring (bicyclic) bond motifs is 1. The van der Waals surface area contributed by atoms with Gasteiger partial charge in [0.15, 0.2) is 6.61 Å². The second-order valence-electron chi connectivity index (χ2n) is 5.26. The summed E-state index contributed by atoms with van der Waals surface area (Å²) in [5.74, 6) is -0.226. The molecule has 2 heterocycles. The number of likely N-dealkylation sites (N-methyl/N-ethyl adjacent to an activating group) is 1. The fourth-order valence-electron chi connectivity index (χ4n) is 2.15. The van der Waals surface area contributed by atoms with E-state index in [-0.39, 0.29) is 35.4 Å². The molecule has 130 valence electrons. The van der Waals surface area contributed by atoms with Crippen LogP contribution in [0.4, 0.5) is 4.39 Å². The summed E-state index contributed by atoms with van der Waals surface area (Å²) in [6, 6.07) is 5.41. The van der Waals surface area contributed by atoms with E-state index in [9.17, 15) is 14.0 Å². The average molecular weight is 382 g/mol. The molecule has 0 aliphatic heterocycles. The molecule has 0 aliphatic carbocycles. The maximum atomic E-state index is 13.0. The minimum absolute atomic E-state index is 0.0874. The van der Waals surface area contributed by atoms with E-state index < -0.39 is 5.82 Å². The van der Waals surface area contributed by atoms with Crippen molar-refractivity contribution in [3.63, 3.8) is 0 Å². The number of H-pyrrole nitrogens is 1. The number of amides is 1. The first-order valence-corrected chi connectivity index (χ1v) is 8.48. The Bertz CT molecular complexity index is 988. The number of carbonyl (C=O) groups excluding carboxylic acids is 1. The number of hydrogen-bond acceptors (Lipinski definition) is 5. The molecule has 6 nitrogen and oxygen atoms in total. The van der Waals surface area contributed by atoms with Gasteiger partial charge in [0, 0.05) is 7.05 Å². The summed E-state index contributed by atoms with van der Waals surface area (Å²) in [7, 11) is 1.57. The van der Waals surface area contributed by atoms with Crippen LogP contribution in [0.1, 0.15) is 5.82 Å². The van der Waals surface area contributed by atoms with Crippen molar-refractivity contribution in [2.75, 3.05) is 13.7 Å². The van der Waals surface area contributed by atoms with E-state index in [1.54, 1.807) is 18.5 Å². The number of carbonyl (C=O) groups is 1. The normalized spacial score (nSPS) is 10.8. The van der Waals surface area contributed by atoms with Crippen molar-refractivity contribution in [2.45, 2.75) is 6.54 Å². The third kappa shape index (κ3) is 3.97. The molecular weight excluding hydrogens is 369 g/mol. The average Bonchev–Trinajstić information content (AvgIpc) is 3.02. The van der Waals surface area contributed by atoms with Crippen molar-refractivity contribution in [3.05, 3.63) is 56.7 Å². The monoisotopic (exact) mass is 381 g/mol. The molecule has 3 rings (SSSR count). The molecule has 2 aromatic heterocycles. The van der Waals surface area contributed by atoms with Crippen LogP contribution in [0.3, 0.4) is 0 Å². The van der Waals surface area contributed by atoms with Gasteiger partial charge in [-0.25, -0.2) is 9.37 Å². The Labute approximate surface area is 150 Å². The Morgan fingerprint density at radius 1 is 1.44 bits per heavy atom. The summed E-state index contributed by atoms with van der Waals surface area (Å²) in [6.07, 6.45) is 0. The van der Waals surface area contributed by atoms with Gasteiger partial charge in [-0.1, -0.05) is 11.6 Å². The summed E-state index contributed by atoms with van der Waals surface area (Å²) in [5.41, 5.74) is 0.365. The number of halogens is 2. The van der Waals surface area contributed by atoms with E-state index in [0.29, 0.717) is 16.0 Å². The van der Waals surface area contributed by atoms with E-state index in [2.05, 4.69) is 9.97 Å². The molecule has 0 spiro atoms. The molecule has 0 fully saturated rings. The highest BCUT2D eigenvalue weighted by Gasteiger charge is 2.14. The van der Waals surface area contributed by atoms with Crippen LogP contribution in [0.15, 0.2) is 34.4 Å². The molecule has 0 saturated carbocycles. The lowest BCUT2D eigenvalue weighted by atomic mass is 10.3. The van der Waals surface area contributed by atoms with Crippen LogP contribution < -0.4 is 10.3 Å². The van der Waals surface area contributed by atoms with Crippen molar-refractivity contribution in [2.24, 2.45) is 0 Å². The number of nitrogens with zero attached hydrogens (tertiary/aromatic N) is 2. The van der Waals surface area contributed by atoms with E-state index >= 15 is 0 Å². The van der Waals surface area contributed by atoms with Crippen LogP contribution in [0.25, 0.3) is 10.2 Å². The van der Waals surface area contributed by atoms with Gasteiger partial charge in [-0.15, -0.1) is 11.3 Å². The smallest absolute Gasteiger partial charge is 0.268 e. The number of nitrogens with one attached hydrogen (secondary N) is 1. The molecule has 9 heteroatoms. The highest BCUT2D eigenvalue weighted by molar-refractivity contribution is 7.17. The highest BCUT2D eigenvalue weighted by atomic mass is 35.5. The molecule has 1 amide bonds. The molecule has 0 saturated heterocycles. The third-order valence-corrected chi connectivity index (χ3v) is 4.62. The molecule has 25 heavy (non-hydrogen) atoms. The molecule has 0 atom stereocenters.